The highest BCUT2D eigenvalue weighted by atomic mass is 35.5. The molecule has 0 aliphatic heterocycles. The Balaban J connectivity index is 2.51. The van der Waals surface area contributed by atoms with Gasteiger partial charge in [0.2, 0.25) is 5.78 Å². The first kappa shape index (κ1) is 13.4. The third-order valence-corrected chi connectivity index (χ3v) is 3.01. The van der Waals surface area contributed by atoms with Gasteiger partial charge >= 0.3 is 0 Å². The number of hydrogen-bond acceptors (Lipinski definition) is 3. The van der Waals surface area contributed by atoms with Gasteiger partial charge in [-0.05, 0) is 36.4 Å². The van der Waals surface area contributed by atoms with Gasteiger partial charge in [-0.3, -0.25) is 4.79 Å². The summed E-state index contributed by atoms with van der Waals surface area (Å²) in [4.78, 5) is 12.5. The van der Waals surface area contributed by atoms with E-state index in [1.165, 1.54) is 14.2 Å². The fourth-order valence-corrected chi connectivity index (χ4v) is 1.95. The molecule has 0 N–H and O–H groups in total. The summed E-state index contributed by atoms with van der Waals surface area (Å²) in [5, 5.41) is 0.587. The molecule has 0 fully saturated rings. The van der Waals surface area contributed by atoms with E-state index in [9.17, 15) is 4.79 Å². The second-order valence-electron chi connectivity index (χ2n) is 3.87. The molecule has 0 aromatic heterocycles. The second-order valence-corrected chi connectivity index (χ2v) is 4.31. The second kappa shape index (κ2) is 5.76. The zero-order valence-electron chi connectivity index (χ0n) is 10.6. The van der Waals surface area contributed by atoms with Crippen molar-refractivity contribution in [1.29, 1.82) is 0 Å². The molecule has 4 heteroatoms. The molecule has 0 amide bonds. The summed E-state index contributed by atoms with van der Waals surface area (Å²) in [7, 11) is 3.04. The summed E-state index contributed by atoms with van der Waals surface area (Å²) in [6.07, 6.45) is 0. The monoisotopic (exact) mass is 276 g/mol. The van der Waals surface area contributed by atoms with E-state index < -0.39 is 0 Å². The van der Waals surface area contributed by atoms with E-state index in [1.807, 2.05) is 0 Å². The third kappa shape index (κ3) is 2.71. The minimum atomic E-state index is -0.161. The molecule has 0 atom stereocenters. The summed E-state index contributed by atoms with van der Waals surface area (Å²) in [6.45, 7) is 0. The van der Waals surface area contributed by atoms with Gasteiger partial charge in [-0.25, -0.2) is 0 Å². The SMILES string of the molecule is COc1cccc(OC)c1C(=O)c1ccc(Cl)cc1. The van der Waals surface area contributed by atoms with Gasteiger partial charge in [-0.2, -0.15) is 0 Å². The minimum Gasteiger partial charge on any atom is -0.496 e. The molecular formula is C15H13ClO3. The lowest BCUT2D eigenvalue weighted by atomic mass is 10.0. The van der Waals surface area contributed by atoms with Crippen LogP contribution in [0.3, 0.4) is 0 Å². The Hall–Kier alpha value is -2.00. The van der Waals surface area contributed by atoms with E-state index in [0.717, 1.165) is 0 Å². The maximum absolute atomic E-state index is 12.5. The summed E-state index contributed by atoms with van der Waals surface area (Å²) in [6, 6.07) is 11.9. The van der Waals surface area contributed by atoms with E-state index >= 15 is 0 Å². The number of methoxy groups -OCH3 is 2. The molecule has 0 spiro atoms. The lowest BCUT2D eigenvalue weighted by Crippen LogP contribution is -2.06. The van der Waals surface area contributed by atoms with Gasteiger partial charge in [0, 0.05) is 10.6 Å². The zero-order chi connectivity index (χ0) is 13.8. The highest BCUT2D eigenvalue weighted by Gasteiger charge is 2.19. The van der Waals surface area contributed by atoms with Gasteiger partial charge in [-0.15, -0.1) is 0 Å². The number of ketones is 1. The maximum atomic E-state index is 12.5. The molecule has 98 valence electrons. The van der Waals surface area contributed by atoms with E-state index in [-0.39, 0.29) is 5.78 Å². The van der Waals surface area contributed by atoms with Gasteiger partial charge in [0.15, 0.2) is 0 Å². The molecule has 2 aromatic carbocycles. The molecule has 0 aliphatic rings. The zero-order valence-corrected chi connectivity index (χ0v) is 11.4. The van der Waals surface area contributed by atoms with Crippen molar-refractivity contribution in [2.45, 2.75) is 0 Å². The van der Waals surface area contributed by atoms with Crippen LogP contribution in [0.5, 0.6) is 11.5 Å². The van der Waals surface area contributed by atoms with Crippen molar-refractivity contribution in [2.75, 3.05) is 14.2 Å². The van der Waals surface area contributed by atoms with Gasteiger partial charge in [0.25, 0.3) is 0 Å². The van der Waals surface area contributed by atoms with Crippen LogP contribution < -0.4 is 9.47 Å². The Morgan fingerprint density at radius 2 is 1.47 bits per heavy atom. The molecule has 2 aromatic rings. The Labute approximate surface area is 116 Å². The van der Waals surface area contributed by atoms with Crippen molar-refractivity contribution >= 4 is 17.4 Å². The number of halogens is 1. The molecule has 19 heavy (non-hydrogen) atoms. The van der Waals surface area contributed by atoms with Crippen LogP contribution in [0.4, 0.5) is 0 Å². The number of hydrogen-bond donors (Lipinski definition) is 0. The largest absolute Gasteiger partial charge is 0.496 e. The molecule has 3 nitrogen and oxygen atoms in total. The highest BCUT2D eigenvalue weighted by Crippen LogP contribution is 2.30. The smallest absolute Gasteiger partial charge is 0.200 e. The van der Waals surface area contributed by atoms with Crippen LogP contribution in [0.1, 0.15) is 15.9 Å². The van der Waals surface area contributed by atoms with Crippen LogP contribution in [-0.2, 0) is 0 Å². The minimum absolute atomic E-state index is 0.161. The molecule has 0 radical (unpaired) electrons. The predicted molar refractivity (Wildman–Crippen MR) is 74.4 cm³/mol. The van der Waals surface area contributed by atoms with Gasteiger partial charge in [-0.1, -0.05) is 17.7 Å². The van der Waals surface area contributed by atoms with Crippen LogP contribution in [0.15, 0.2) is 42.5 Å². The van der Waals surface area contributed by atoms with Crippen molar-refractivity contribution in [3.05, 3.63) is 58.6 Å². The lowest BCUT2D eigenvalue weighted by molar-refractivity contribution is 0.103. The lowest BCUT2D eigenvalue weighted by Gasteiger charge is -2.12. The number of rotatable bonds is 4. The fraction of sp³-hybridized carbons (Fsp3) is 0.133. The summed E-state index contributed by atoms with van der Waals surface area (Å²) >= 11 is 5.82. The van der Waals surface area contributed by atoms with Crippen LogP contribution in [0.25, 0.3) is 0 Å². The number of carbonyl (C=O) groups excluding carboxylic acids is 1. The molecule has 0 heterocycles. The van der Waals surface area contributed by atoms with E-state index in [0.29, 0.717) is 27.6 Å². The molecule has 0 aliphatic carbocycles. The molecule has 0 bridgehead atoms. The quantitative estimate of drug-likeness (QED) is 0.801. The van der Waals surface area contributed by atoms with Crippen LogP contribution in [-0.4, -0.2) is 20.0 Å². The van der Waals surface area contributed by atoms with Gasteiger partial charge in [0.1, 0.15) is 17.1 Å². The Morgan fingerprint density at radius 1 is 0.947 bits per heavy atom. The Morgan fingerprint density at radius 3 is 1.95 bits per heavy atom. The molecule has 0 unspecified atom stereocenters. The van der Waals surface area contributed by atoms with E-state index in [4.69, 9.17) is 21.1 Å². The first-order valence-corrected chi connectivity index (χ1v) is 6.06. The number of benzene rings is 2. The summed E-state index contributed by atoms with van der Waals surface area (Å²) < 4.78 is 10.5. The van der Waals surface area contributed by atoms with Crippen molar-refractivity contribution in [1.82, 2.24) is 0 Å². The van der Waals surface area contributed by atoms with Gasteiger partial charge in [0.05, 0.1) is 14.2 Å². The van der Waals surface area contributed by atoms with E-state index in [1.54, 1.807) is 42.5 Å². The predicted octanol–water partition coefficient (Wildman–Crippen LogP) is 3.59. The first-order valence-electron chi connectivity index (χ1n) is 5.68. The summed E-state index contributed by atoms with van der Waals surface area (Å²) in [5.41, 5.74) is 0.946. The third-order valence-electron chi connectivity index (χ3n) is 2.76. The van der Waals surface area contributed by atoms with E-state index in [2.05, 4.69) is 0 Å². The first-order chi connectivity index (χ1) is 9.17. The fourth-order valence-electron chi connectivity index (χ4n) is 1.82. The average molecular weight is 277 g/mol. The molecule has 0 saturated carbocycles. The Bertz CT molecular complexity index is 569. The number of carbonyl (C=O) groups is 1. The normalized spacial score (nSPS) is 10.1. The maximum Gasteiger partial charge on any atom is 0.200 e. The topological polar surface area (TPSA) is 35.5 Å². The highest BCUT2D eigenvalue weighted by molar-refractivity contribution is 6.30. The van der Waals surface area contributed by atoms with Crippen molar-refractivity contribution < 1.29 is 14.3 Å². The average Bonchev–Trinajstić information content (AvgIpc) is 2.46. The van der Waals surface area contributed by atoms with Crippen molar-refractivity contribution in [3.63, 3.8) is 0 Å². The standard InChI is InChI=1S/C15H13ClO3/c1-18-12-4-3-5-13(19-2)14(12)15(17)10-6-8-11(16)9-7-10/h3-9H,1-2H3. The van der Waals surface area contributed by atoms with Crippen molar-refractivity contribution in [3.8, 4) is 11.5 Å². The Kier molecular flexibility index (Phi) is 4.07. The van der Waals surface area contributed by atoms with Crippen LogP contribution in [0, 0.1) is 0 Å². The van der Waals surface area contributed by atoms with Crippen molar-refractivity contribution in [2.24, 2.45) is 0 Å². The molecule has 2 rings (SSSR count). The molecular weight excluding hydrogens is 264 g/mol. The molecule has 0 saturated heterocycles. The van der Waals surface area contributed by atoms with Gasteiger partial charge < -0.3 is 9.47 Å². The number of ether oxygens (including phenoxy) is 2. The van der Waals surface area contributed by atoms with Crippen LogP contribution in [0.2, 0.25) is 5.02 Å². The van der Waals surface area contributed by atoms with Crippen LogP contribution >= 0.6 is 11.6 Å². The summed E-state index contributed by atoms with van der Waals surface area (Å²) in [5.74, 6) is 0.810.